The number of aryl methyl sites for hydroxylation is 2. The summed E-state index contributed by atoms with van der Waals surface area (Å²) in [5, 5.41) is 22.7. The van der Waals surface area contributed by atoms with Crippen LogP contribution in [0.4, 0.5) is 11.5 Å². The minimum atomic E-state index is -0.311. The third kappa shape index (κ3) is 2.50. The van der Waals surface area contributed by atoms with E-state index in [0.29, 0.717) is 17.9 Å². The molecule has 1 aliphatic heterocycles. The topological polar surface area (TPSA) is 85.0 Å². The highest BCUT2D eigenvalue weighted by Crippen LogP contribution is 2.39. The van der Waals surface area contributed by atoms with Crippen molar-refractivity contribution in [3.05, 3.63) is 15.8 Å². The van der Waals surface area contributed by atoms with Crippen LogP contribution in [0.15, 0.2) is 0 Å². The van der Waals surface area contributed by atoms with Gasteiger partial charge in [-0.25, -0.2) is 4.68 Å². The molecule has 2 heterocycles. The molecule has 21 heavy (non-hydrogen) atoms. The van der Waals surface area contributed by atoms with E-state index in [0.717, 1.165) is 19.4 Å². The van der Waals surface area contributed by atoms with E-state index in [4.69, 9.17) is 0 Å². The molecule has 2 aliphatic rings. The van der Waals surface area contributed by atoms with Gasteiger partial charge in [-0.2, -0.15) is 5.10 Å². The van der Waals surface area contributed by atoms with Gasteiger partial charge in [-0.3, -0.25) is 10.1 Å². The number of rotatable bonds is 4. The quantitative estimate of drug-likeness (QED) is 0.655. The Morgan fingerprint density at radius 3 is 2.90 bits per heavy atom. The maximum Gasteiger partial charge on any atom is 0.333 e. The van der Waals surface area contributed by atoms with E-state index in [9.17, 15) is 10.1 Å². The summed E-state index contributed by atoms with van der Waals surface area (Å²) >= 11 is 0. The van der Waals surface area contributed by atoms with Gasteiger partial charge < -0.3 is 10.6 Å². The van der Waals surface area contributed by atoms with Crippen LogP contribution in [0.25, 0.3) is 0 Å². The van der Waals surface area contributed by atoms with Crippen LogP contribution < -0.4 is 10.6 Å². The number of hydrogen-bond acceptors (Lipinski definition) is 5. The summed E-state index contributed by atoms with van der Waals surface area (Å²) in [5.74, 6) is 0.554. The Balaban J connectivity index is 1.81. The molecule has 2 N–H and O–H groups in total. The van der Waals surface area contributed by atoms with Crippen molar-refractivity contribution in [3.8, 4) is 0 Å². The van der Waals surface area contributed by atoms with Crippen molar-refractivity contribution in [2.75, 3.05) is 11.9 Å². The fraction of sp³-hybridized carbons (Fsp3) is 0.786. The molecule has 7 heteroatoms. The Hall–Kier alpha value is -1.63. The highest BCUT2D eigenvalue weighted by Gasteiger charge is 2.41. The van der Waals surface area contributed by atoms with Gasteiger partial charge in [0.15, 0.2) is 0 Å². The maximum atomic E-state index is 11.4. The van der Waals surface area contributed by atoms with Gasteiger partial charge in [0.1, 0.15) is 5.69 Å². The predicted octanol–water partition coefficient (Wildman–Crippen LogP) is 1.98. The van der Waals surface area contributed by atoms with Crippen molar-refractivity contribution < 1.29 is 4.92 Å². The number of nitrogens with zero attached hydrogens (tertiary/aromatic N) is 3. The number of aromatic nitrogens is 2. The standard InChI is InChI=1S/C14H23N5O2/c1-3-11-12(19(20)21)13(18(2)17-11)16-10-5-8-15-14(9-10)6-4-7-14/h10,15-16H,3-9H2,1-2H3. The van der Waals surface area contributed by atoms with Crippen LogP contribution in [0.2, 0.25) is 0 Å². The van der Waals surface area contributed by atoms with Gasteiger partial charge in [0, 0.05) is 18.6 Å². The third-order valence-corrected chi connectivity index (χ3v) is 4.89. The molecule has 116 valence electrons. The van der Waals surface area contributed by atoms with Crippen LogP contribution in [0.5, 0.6) is 0 Å². The van der Waals surface area contributed by atoms with Gasteiger partial charge >= 0.3 is 5.69 Å². The van der Waals surface area contributed by atoms with E-state index in [-0.39, 0.29) is 22.2 Å². The zero-order valence-corrected chi connectivity index (χ0v) is 12.7. The highest BCUT2D eigenvalue weighted by molar-refractivity contribution is 5.60. The molecule has 2 fully saturated rings. The predicted molar refractivity (Wildman–Crippen MR) is 80.5 cm³/mol. The zero-order chi connectivity index (χ0) is 15.0. The average Bonchev–Trinajstić information content (AvgIpc) is 2.74. The lowest BCUT2D eigenvalue weighted by Gasteiger charge is -2.48. The van der Waals surface area contributed by atoms with Crippen molar-refractivity contribution in [2.24, 2.45) is 7.05 Å². The second kappa shape index (κ2) is 5.29. The Bertz CT molecular complexity index is 550. The second-order valence-corrected chi connectivity index (χ2v) is 6.27. The van der Waals surface area contributed by atoms with Crippen molar-refractivity contribution in [1.82, 2.24) is 15.1 Å². The Morgan fingerprint density at radius 2 is 2.33 bits per heavy atom. The molecule has 1 atom stereocenters. The third-order valence-electron chi connectivity index (χ3n) is 4.89. The molecule has 1 aromatic heterocycles. The largest absolute Gasteiger partial charge is 0.362 e. The Morgan fingerprint density at radius 1 is 1.57 bits per heavy atom. The molecule has 1 aromatic rings. The summed E-state index contributed by atoms with van der Waals surface area (Å²) in [7, 11) is 1.77. The molecule has 1 unspecified atom stereocenters. The molecular weight excluding hydrogens is 270 g/mol. The first-order chi connectivity index (χ1) is 10.0. The van der Waals surface area contributed by atoms with Gasteiger partial charge in [-0.05, 0) is 45.1 Å². The van der Waals surface area contributed by atoms with Crippen LogP contribution >= 0.6 is 0 Å². The van der Waals surface area contributed by atoms with E-state index in [2.05, 4.69) is 15.7 Å². The molecule has 7 nitrogen and oxygen atoms in total. The minimum Gasteiger partial charge on any atom is -0.362 e. The summed E-state index contributed by atoms with van der Waals surface area (Å²) < 4.78 is 1.62. The van der Waals surface area contributed by atoms with E-state index in [1.165, 1.54) is 19.3 Å². The van der Waals surface area contributed by atoms with Crippen molar-refractivity contribution >= 4 is 11.5 Å². The highest BCUT2D eigenvalue weighted by atomic mass is 16.6. The van der Waals surface area contributed by atoms with Gasteiger partial charge in [-0.1, -0.05) is 6.92 Å². The monoisotopic (exact) mass is 293 g/mol. The van der Waals surface area contributed by atoms with E-state index in [1.807, 2.05) is 6.92 Å². The van der Waals surface area contributed by atoms with Crippen LogP contribution in [0.3, 0.4) is 0 Å². The van der Waals surface area contributed by atoms with Crippen LogP contribution in [-0.2, 0) is 13.5 Å². The molecule has 1 saturated carbocycles. The van der Waals surface area contributed by atoms with Crippen molar-refractivity contribution in [2.45, 2.75) is 57.0 Å². The molecule has 0 amide bonds. The van der Waals surface area contributed by atoms with Crippen molar-refractivity contribution in [1.29, 1.82) is 0 Å². The van der Waals surface area contributed by atoms with Gasteiger partial charge in [0.05, 0.1) is 4.92 Å². The first-order valence-corrected chi connectivity index (χ1v) is 7.76. The van der Waals surface area contributed by atoms with Gasteiger partial charge in [0.25, 0.3) is 0 Å². The lowest BCUT2D eigenvalue weighted by atomic mass is 9.70. The Kier molecular flexibility index (Phi) is 3.61. The molecule has 0 radical (unpaired) electrons. The normalized spacial score (nSPS) is 23.8. The first kappa shape index (κ1) is 14.3. The molecule has 0 bridgehead atoms. The number of nitrogens with one attached hydrogen (secondary N) is 2. The number of nitro groups is 1. The van der Waals surface area contributed by atoms with Crippen molar-refractivity contribution in [3.63, 3.8) is 0 Å². The number of piperidine rings is 1. The second-order valence-electron chi connectivity index (χ2n) is 6.27. The smallest absolute Gasteiger partial charge is 0.333 e. The van der Waals surface area contributed by atoms with E-state index >= 15 is 0 Å². The molecule has 3 rings (SSSR count). The first-order valence-electron chi connectivity index (χ1n) is 7.76. The van der Waals surface area contributed by atoms with Crippen LogP contribution in [0.1, 0.15) is 44.7 Å². The SMILES string of the molecule is CCc1nn(C)c(NC2CCNC3(CCC3)C2)c1[N+](=O)[O-]. The molecule has 1 aliphatic carbocycles. The summed E-state index contributed by atoms with van der Waals surface area (Å²) in [4.78, 5) is 11.0. The zero-order valence-electron chi connectivity index (χ0n) is 12.7. The summed E-state index contributed by atoms with van der Waals surface area (Å²) in [6.45, 7) is 2.87. The minimum absolute atomic E-state index is 0.140. The lowest BCUT2D eigenvalue weighted by Crippen LogP contribution is -2.58. The van der Waals surface area contributed by atoms with Crippen LogP contribution in [0, 0.1) is 10.1 Å². The lowest BCUT2D eigenvalue weighted by molar-refractivity contribution is -0.384. The molecular formula is C14H23N5O2. The molecule has 1 saturated heterocycles. The summed E-state index contributed by atoms with van der Waals surface area (Å²) in [6, 6.07) is 0.283. The summed E-state index contributed by atoms with van der Waals surface area (Å²) in [5.41, 5.74) is 0.968. The Labute approximate surface area is 124 Å². The number of hydrogen-bond donors (Lipinski definition) is 2. The summed E-state index contributed by atoms with van der Waals surface area (Å²) in [6.07, 6.45) is 6.33. The average molecular weight is 293 g/mol. The van der Waals surface area contributed by atoms with Gasteiger partial charge in [-0.15, -0.1) is 0 Å². The number of anilines is 1. The fourth-order valence-electron chi connectivity index (χ4n) is 3.62. The fourth-order valence-corrected chi connectivity index (χ4v) is 3.62. The van der Waals surface area contributed by atoms with E-state index in [1.54, 1.807) is 11.7 Å². The molecule has 0 aromatic carbocycles. The van der Waals surface area contributed by atoms with Gasteiger partial charge in [0.2, 0.25) is 5.82 Å². The van der Waals surface area contributed by atoms with E-state index < -0.39 is 0 Å². The maximum absolute atomic E-state index is 11.4. The van der Waals surface area contributed by atoms with Crippen LogP contribution in [-0.4, -0.2) is 32.8 Å². The molecule has 1 spiro atoms.